The largest absolute Gasteiger partial charge is 0.487 e. The highest BCUT2D eigenvalue weighted by molar-refractivity contribution is 6.32. The Morgan fingerprint density at radius 1 is 1.24 bits per heavy atom. The highest BCUT2D eigenvalue weighted by Crippen LogP contribution is 2.30. The van der Waals surface area contributed by atoms with Crippen molar-refractivity contribution in [2.24, 2.45) is 0 Å². The molecule has 3 rings (SSSR count). The van der Waals surface area contributed by atoms with E-state index >= 15 is 0 Å². The molecule has 1 aromatic carbocycles. The Hall–Kier alpha value is -2.60. The van der Waals surface area contributed by atoms with Gasteiger partial charge in [0.1, 0.15) is 12.4 Å². The monoisotopic (exact) mass is 302 g/mol. The summed E-state index contributed by atoms with van der Waals surface area (Å²) >= 11 is 6.19. The number of pyridine rings is 1. The average molecular weight is 303 g/mol. The molecule has 6 nitrogen and oxygen atoms in total. The van der Waals surface area contributed by atoms with Crippen LogP contribution in [-0.4, -0.2) is 15.2 Å². The molecule has 0 fully saturated rings. The maximum absolute atomic E-state index is 6.19. The van der Waals surface area contributed by atoms with Crippen molar-refractivity contribution in [2.75, 3.05) is 5.73 Å². The molecule has 3 aromatic rings. The van der Waals surface area contributed by atoms with Gasteiger partial charge in [0.05, 0.1) is 5.02 Å². The number of aromatic nitrogens is 3. The van der Waals surface area contributed by atoms with Crippen molar-refractivity contribution in [3.63, 3.8) is 0 Å². The topological polar surface area (TPSA) is 87.1 Å². The SMILES string of the molecule is Nc1nnc(-c2ccc(OCc3cccnc3)c(Cl)c2)o1. The third kappa shape index (κ3) is 3.11. The Morgan fingerprint density at radius 2 is 2.14 bits per heavy atom. The van der Waals surface area contributed by atoms with Gasteiger partial charge in [-0.25, -0.2) is 0 Å². The van der Waals surface area contributed by atoms with Crippen LogP contribution in [-0.2, 0) is 6.61 Å². The van der Waals surface area contributed by atoms with Crippen LogP contribution in [0.5, 0.6) is 5.75 Å². The molecule has 2 N–H and O–H groups in total. The van der Waals surface area contributed by atoms with Crippen LogP contribution in [0.1, 0.15) is 5.56 Å². The summed E-state index contributed by atoms with van der Waals surface area (Å²) in [5, 5.41) is 7.85. The average Bonchev–Trinajstić information content (AvgIpc) is 2.93. The fourth-order valence-corrected chi connectivity index (χ4v) is 1.98. The third-order valence-corrected chi connectivity index (χ3v) is 3.03. The van der Waals surface area contributed by atoms with E-state index < -0.39 is 0 Å². The van der Waals surface area contributed by atoms with Crippen molar-refractivity contribution in [1.29, 1.82) is 0 Å². The highest BCUT2D eigenvalue weighted by Gasteiger charge is 2.10. The predicted molar refractivity (Wildman–Crippen MR) is 77.7 cm³/mol. The van der Waals surface area contributed by atoms with Crippen LogP contribution in [0.4, 0.5) is 6.01 Å². The summed E-state index contributed by atoms with van der Waals surface area (Å²) in [7, 11) is 0. The number of nitrogens with two attached hydrogens (primary N) is 1. The van der Waals surface area contributed by atoms with Gasteiger partial charge in [0, 0.05) is 23.5 Å². The first-order valence-electron chi connectivity index (χ1n) is 6.13. The lowest BCUT2D eigenvalue weighted by Gasteiger charge is -2.08. The van der Waals surface area contributed by atoms with E-state index in [1.165, 1.54) is 0 Å². The van der Waals surface area contributed by atoms with Gasteiger partial charge in [-0.3, -0.25) is 4.98 Å². The number of ether oxygens (including phenoxy) is 1. The first-order chi connectivity index (χ1) is 10.2. The molecule has 0 unspecified atom stereocenters. The number of halogens is 1. The predicted octanol–water partition coefficient (Wildman–Crippen LogP) is 2.95. The fraction of sp³-hybridized carbons (Fsp3) is 0.0714. The molecule has 0 aliphatic rings. The minimum atomic E-state index is 0.0121. The van der Waals surface area contributed by atoms with Gasteiger partial charge in [0.2, 0.25) is 5.89 Å². The van der Waals surface area contributed by atoms with Gasteiger partial charge >= 0.3 is 6.01 Å². The summed E-state index contributed by atoms with van der Waals surface area (Å²) in [6, 6.07) is 9.00. The number of anilines is 1. The smallest absolute Gasteiger partial charge is 0.313 e. The Labute approximate surface area is 125 Å². The zero-order valence-electron chi connectivity index (χ0n) is 10.9. The van der Waals surface area contributed by atoms with Crippen LogP contribution in [0.15, 0.2) is 47.1 Å². The molecule has 0 saturated heterocycles. The zero-order chi connectivity index (χ0) is 14.7. The quantitative estimate of drug-likeness (QED) is 0.797. The number of nitrogen functional groups attached to an aromatic ring is 1. The van der Waals surface area contributed by atoms with Crippen molar-refractivity contribution in [1.82, 2.24) is 15.2 Å². The summed E-state index contributed by atoms with van der Waals surface area (Å²) in [6.45, 7) is 0.389. The third-order valence-electron chi connectivity index (χ3n) is 2.74. The molecule has 0 saturated carbocycles. The van der Waals surface area contributed by atoms with E-state index in [4.69, 9.17) is 26.5 Å². The summed E-state index contributed by atoms with van der Waals surface area (Å²) in [5.41, 5.74) is 7.03. The van der Waals surface area contributed by atoms with E-state index in [2.05, 4.69) is 15.2 Å². The van der Waals surface area contributed by atoms with Crippen molar-refractivity contribution >= 4 is 17.6 Å². The van der Waals surface area contributed by atoms with E-state index in [9.17, 15) is 0 Å². The summed E-state index contributed by atoms with van der Waals surface area (Å²) in [4.78, 5) is 4.02. The number of benzene rings is 1. The summed E-state index contributed by atoms with van der Waals surface area (Å²) in [5.74, 6) is 0.880. The minimum Gasteiger partial charge on any atom is -0.487 e. The maximum Gasteiger partial charge on any atom is 0.313 e. The van der Waals surface area contributed by atoms with Crippen molar-refractivity contribution in [3.05, 3.63) is 53.3 Å². The second-order valence-corrected chi connectivity index (χ2v) is 4.65. The molecule has 7 heteroatoms. The molecular weight excluding hydrogens is 292 g/mol. The van der Waals surface area contributed by atoms with Crippen LogP contribution in [0.2, 0.25) is 5.02 Å². The van der Waals surface area contributed by atoms with E-state index in [1.54, 1.807) is 30.6 Å². The molecule has 0 atom stereocenters. The lowest BCUT2D eigenvalue weighted by molar-refractivity contribution is 0.306. The first kappa shape index (κ1) is 13.4. The Balaban J connectivity index is 1.75. The van der Waals surface area contributed by atoms with Crippen LogP contribution >= 0.6 is 11.6 Å². The number of rotatable bonds is 4. The van der Waals surface area contributed by atoms with Gasteiger partial charge in [-0.1, -0.05) is 22.8 Å². The van der Waals surface area contributed by atoms with E-state index in [0.717, 1.165) is 5.56 Å². The van der Waals surface area contributed by atoms with Gasteiger partial charge in [0.25, 0.3) is 0 Å². The zero-order valence-corrected chi connectivity index (χ0v) is 11.6. The van der Waals surface area contributed by atoms with E-state index in [1.807, 2.05) is 12.1 Å². The van der Waals surface area contributed by atoms with Gasteiger partial charge in [-0.2, -0.15) is 0 Å². The fourth-order valence-electron chi connectivity index (χ4n) is 1.75. The van der Waals surface area contributed by atoms with E-state index in [-0.39, 0.29) is 6.01 Å². The summed E-state index contributed by atoms with van der Waals surface area (Å²) in [6.07, 6.45) is 3.45. The molecule has 0 radical (unpaired) electrons. The molecule has 106 valence electrons. The van der Waals surface area contributed by atoms with Crippen LogP contribution in [0, 0.1) is 0 Å². The van der Waals surface area contributed by atoms with E-state index in [0.29, 0.717) is 28.8 Å². The van der Waals surface area contributed by atoms with Crippen LogP contribution in [0.25, 0.3) is 11.5 Å². The molecule has 0 bridgehead atoms. The van der Waals surface area contributed by atoms with Gasteiger partial charge in [0.15, 0.2) is 0 Å². The first-order valence-corrected chi connectivity index (χ1v) is 6.51. The molecule has 2 aromatic heterocycles. The lowest BCUT2D eigenvalue weighted by Crippen LogP contribution is -1.96. The number of hydrogen-bond acceptors (Lipinski definition) is 6. The Bertz CT molecular complexity index is 746. The Kier molecular flexibility index (Phi) is 3.70. The molecule has 21 heavy (non-hydrogen) atoms. The Morgan fingerprint density at radius 3 is 2.81 bits per heavy atom. The van der Waals surface area contributed by atoms with Gasteiger partial charge in [-0.05, 0) is 24.3 Å². The summed E-state index contributed by atoms with van der Waals surface area (Å²) < 4.78 is 10.8. The molecule has 0 amide bonds. The molecule has 0 aliphatic heterocycles. The van der Waals surface area contributed by atoms with Gasteiger partial charge < -0.3 is 14.9 Å². The second kappa shape index (κ2) is 5.80. The normalized spacial score (nSPS) is 10.5. The van der Waals surface area contributed by atoms with Crippen molar-refractivity contribution in [3.8, 4) is 17.2 Å². The molecule has 2 heterocycles. The number of hydrogen-bond donors (Lipinski definition) is 1. The molecule has 0 spiro atoms. The standard InChI is InChI=1S/C14H11ClN4O2/c15-11-6-10(13-18-19-14(16)21-13)3-4-12(11)20-8-9-2-1-5-17-7-9/h1-7H,8H2,(H2,16,19). The number of nitrogens with zero attached hydrogens (tertiary/aromatic N) is 3. The lowest BCUT2D eigenvalue weighted by atomic mass is 10.2. The highest BCUT2D eigenvalue weighted by atomic mass is 35.5. The molecule has 0 aliphatic carbocycles. The second-order valence-electron chi connectivity index (χ2n) is 4.24. The van der Waals surface area contributed by atoms with Gasteiger partial charge in [-0.15, -0.1) is 5.10 Å². The van der Waals surface area contributed by atoms with Crippen LogP contribution in [0.3, 0.4) is 0 Å². The van der Waals surface area contributed by atoms with Crippen molar-refractivity contribution < 1.29 is 9.15 Å². The minimum absolute atomic E-state index is 0.0121. The van der Waals surface area contributed by atoms with Crippen LogP contribution < -0.4 is 10.5 Å². The van der Waals surface area contributed by atoms with Crippen molar-refractivity contribution in [2.45, 2.75) is 6.61 Å². The molecular formula is C14H11ClN4O2. The maximum atomic E-state index is 6.19.